The lowest BCUT2D eigenvalue weighted by Gasteiger charge is -2.13. The maximum absolute atomic E-state index is 10.9. The van der Waals surface area contributed by atoms with Gasteiger partial charge in [-0.1, -0.05) is 6.92 Å². The molecule has 0 bridgehead atoms. The molecule has 0 aromatic carbocycles. The Labute approximate surface area is 60.9 Å². The Balaban J connectivity index is 2.20. The van der Waals surface area contributed by atoms with Crippen LogP contribution in [0.2, 0.25) is 0 Å². The highest BCUT2D eigenvalue weighted by molar-refractivity contribution is 5.76. The van der Waals surface area contributed by atoms with Gasteiger partial charge in [-0.3, -0.25) is 9.63 Å². The molecule has 0 aromatic rings. The predicted octanol–water partition coefficient (Wildman–Crippen LogP) is 0.950. The van der Waals surface area contributed by atoms with Gasteiger partial charge in [-0.2, -0.15) is 0 Å². The Morgan fingerprint density at radius 1 is 1.70 bits per heavy atom. The lowest BCUT2D eigenvalue weighted by molar-refractivity contribution is -0.177. The number of hydroxylamine groups is 2. The van der Waals surface area contributed by atoms with Crippen molar-refractivity contribution in [3.8, 4) is 0 Å². The molecule has 0 spiro atoms. The molecule has 0 atom stereocenters. The predicted molar refractivity (Wildman–Crippen MR) is 37.2 cm³/mol. The van der Waals surface area contributed by atoms with E-state index in [-0.39, 0.29) is 5.91 Å². The van der Waals surface area contributed by atoms with Gasteiger partial charge in [0.15, 0.2) is 0 Å². The second-order valence-corrected chi connectivity index (χ2v) is 2.43. The average Bonchev–Trinajstić information content (AvgIpc) is 2.31. The first-order valence-electron chi connectivity index (χ1n) is 3.78. The lowest BCUT2D eigenvalue weighted by Crippen LogP contribution is -2.25. The molecule has 1 heterocycles. The van der Waals surface area contributed by atoms with Gasteiger partial charge in [0.1, 0.15) is 0 Å². The molecule has 1 aliphatic rings. The van der Waals surface area contributed by atoms with Gasteiger partial charge in [0.25, 0.3) is 0 Å². The molecule has 58 valence electrons. The Morgan fingerprint density at radius 3 is 3.00 bits per heavy atom. The summed E-state index contributed by atoms with van der Waals surface area (Å²) < 4.78 is 0. The fourth-order valence-electron chi connectivity index (χ4n) is 0.961. The lowest BCUT2D eigenvalue weighted by atomic mass is 10.4. The third-order valence-corrected chi connectivity index (χ3v) is 1.48. The number of carbonyl (C=O) groups is 1. The summed E-state index contributed by atoms with van der Waals surface area (Å²) in [6.07, 6.45) is 2.57. The Bertz CT molecular complexity index is 125. The van der Waals surface area contributed by atoms with Crippen LogP contribution in [-0.4, -0.2) is 24.1 Å². The van der Waals surface area contributed by atoms with Crippen LogP contribution in [0.4, 0.5) is 0 Å². The van der Waals surface area contributed by atoms with Crippen molar-refractivity contribution in [3.63, 3.8) is 0 Å². The topological polar surface area (TPSA) is 29.5 Å². The average molecular weight is 143 g/mol. The second-order valence-electron chi connectivity index (χ2n) is 2.43. The van der Waals surface area contributed by atoms with E-state index in [4.69, 9.17) is 4.84 Å². The van der Waals surface area contributed by atoms with E-state index in [0.717, 1.165) is 19.4 Å². The number of amides is 1. The minimum absolute atomic E-state index is 0.133. The normalized spacial score (nSPS) is 18.5. The molecule has 3 nitrogen and oxygen atoms in total. The number of rotatable bonds is 3. The standard InChI is InChI=1S/C7H13NO2/c1-2-6-10-8-5-3-4-7(8)9/h2-6H2,1H3. The van der Waals surface area contributed by atoms with E-state index in [2.05, 4.69) is 0 Å². The van der Waals surface area contributed by atoms with Crippen LogP contribution < -0.4 is 0 Å². The first-order chi connectivity index (χ1) is 4.84. The van der Waals surface area contributed by atoms with Crippen LogP contribution in [0.25, 0.3) is 0 Å². The van der Waals surface area contributed by atoms with Crippen LogP contribution in [-0.2, 0) is 9.63 Å². The van der Waals surface area contributed by atoms with Crippen molar-refractivity contribution in [2.24, 2.45) is 0 Å². The molecule has 3 heteroatoms. The van der Waals surface area contributed by atoms with Crippen LogP contribution in [0.1, 0.15) is 26.2 Å². The van der Waals surface area contributed by atoms with Gasteiger partial charge in [-0.15, -0.1) is 0 Å². The summed E-state index contributed by atoms with van der Waals surface area (Å²) in [6.45, 7) is 3.46. The van der Waals surface area contributed by atoms with Crippen molar-refractivity contribution < 1.29 is 9.63 Å². The molecule has 0 N–H and O–H groups in total. The van der Waals surface area contributed by atoms with Gasteiger partial charge in [-0.25, -0.2) is 5.06 Å². The molecule has 0 unspecified atom stereocenters. The summed E-state index contributed by atoms with van der Waals surface area (Å²) in [4.78, 5) is 16.0. The van der Waals surface area contributed by atoms with Crippen molar-refractivity contribution in [2.45, 2.75) is 26.2 Å². The maximum atomic E-state index is 10.9. The summed E-state index contributed by atoms with van der Waals surface area (Å²) in [5, 5.41) is 1.48. The van der Waals surface area contributed by atoms with Crippen molar-refractivity contribution in [1.82, 2.24) is 5.06 Å². The molecule has 0 aliphatic carbocycles. The molecule has 10 heavy (non-hydrogen) atoms. The molecule has 0 saturated carbocycles. The number of hydrogen-bond acceptors (Lipinski definition) is 2. The zero-order valence-electron chi connectivity index (χ0n) is 6.30. The fourth-order valence-corrected chi connectivity index (χ4v) is 0.961. The quantitative estimate of drug-likeness (QED) is 0.588. The third-order valence-electron chi connectivity index (χ3n) is 1.48. The third kappa shape index (κ3) is 1.70. The van der Waals surface area contributed by atoms with E-state index in [1.54, 1.807) is 0 Å². The molecule has 1 amide bonds. The van der Waals surface area contributed by atoms with Crippen LogP contribution in [0.5, 0.6) is 0 Å². The Morgan fingerprint density at radius 2 is 2.50 bits per heavy atom. The molecular formula is C7H13NO2. The van der Waals surface area contributed by atoms with Crippen LogP contribution >= 0.6 is 0 Å². The zero-order valence-corrected chi connectivity index (χ0v) is 6.30. The molecule has 1 aliphatic heterocycles. The summed E-state index contributed by atoms with van der Waals surface area (Å²) in [5.74, 6) is 0.133. The monoisotopic (exact) mass is 143 g/mol. The SMILES string of the molecule is CCCON1CCCC1=O. The molecule has 1 fully saturated rings. The van der Waals surface area contributed by atoms with Crippen LogP contribution in [0.3, 0.4) is 0 Å². The van der Waals surface area contributed by atoms with E-state index in [1.165, 1.54) is 5.06 Å². The zero-order chi connectivity index (χ0) is 7.40. The van der Waals surface area contributed by atoms with Crippen molar-refractivity contribution in [3.05, 3.63) is 0 Å². The van der Waals surface area contributed by atoms with Crippen molar-refractivity contribution in [2.75, 3.05) is 13.2 Å². The minimum atomic E-state index is 0.133. The molecule has 0 aromatic heterocycles. The van der Waals surface area contributed by atoms with Gasteiger partial charge in [-0.05, 0) is 12.8 Å². The summed E-state index contributed by atoms with van der Waals surface area (Å²) in [6, 6.07) is 0. The fraction of sp³-hybridized carbons (Fsp3) is 0.857. The number of carbonyl (C=O) groups excluding carboxylic acids is 1. The molecule has 0 radical (unpaired) electrons. The first-order valence-corrected chi connectivity index (χ1v) is 3.78. The van der Waals surface area contributed by atoms with E-state index in [0.29, 0.717) is 13.0 Å². The highest BCUT2D eigenvalue weighted by atomic mass is 16.7. The highest BCUT2D eigenvalue weighted by Crippen LogP contribution is 2.09. The van der Waals surface area contributed by atoms with Gasteiger partial charge < -0.3 is 0 Å². The first kappa shape index (κ1) is 7.54. The van der Waals surface area contributed by atoms with Gasteiger partial charge in [0, 0.05) is 13.0 Å². The Hall–Kier alpha value is -0.570. The van der Waals surface area contributed by atoms with E-state index < -0.39 is 0 Å². The van der Waals surface area contributed by atoms with E-state index >= 15 is 0 Å². The Kier molecular flexibility index (Phi) is 2.68. The van der Waals surface area contributed by atoms with Crippen LogP contribution in [0.15, 0.2) is 0 Å². The molecular weight excluding hydrogens is 130 g/mol. The molecule has 1 rings (SSSR count). The smallest absolute Gasteiger partial charge is 0.246 e. The summed E-state index contributed by atoms with van der Waals surface area (Å²) in [7, 11) is 0. The molecule has 1 saturated heterocycles. The van der Waals surface area contributed by atoms with Gasteiger partial charge in [0.05, 0.1) is 6.61 Å². The number of hydrogen-bond donors (Lipinski definition) is 0. The van der Waals surface area contributed by atoms with Gasteiger partial charge >= 0.3 is 0 Å². The summed E-state index contributed by atoms with van der Waals surface area (Å²) in [5.41, 5.74) is 0. The minimum Gasteiger partial charge on any atom is -0.273 e. The summed E-state index contributed by atoms with van der Waals surface area (Å²) >= 11 is 0. The van der Waals surface area contributed by atoms with Crippen molar-refractivity contribution >= 4 is 5.91 Å². The second kappa shape index (κ2) is 3.56. The van der Waals surface area contributed by atoms with Crippen LogP contribution in [0, 0.1) is 0 Å². The maximum Gasteiger partial charge on any atom is 0.246 e. The number of nitrogens with zero attached hydrogens (tertiary/aromatic N) is 1. The van der Waals surface area contributed by atoms with Gasteiger partial charge in [0.2, 0.25) is 5.91 Å². The van der Waals surface area contributed by atoms with E-state index in [1.807, 2.05) is 6.92 Å². The highest BCUT2D eigenvalue weighted by Gasteiger charge is 2.20. The van der Waals surface area contributed by atoms with E-state index in [9.17, 15) is 4.79 Å². The largest absolute Gasteiger partial charge is 0.273 e. The van der Waals surface area contributed by atoms with Crippen molar-refractivity contribution in [1.29, 1.82) is 0 Å².